The Kier molecular flexibility index (Phi) is 9.22. The van der Waals surface area contributed by atoms with Crippen molar-refractivity contribution < 1.29 is 4.74 Å². The van der Waals surface area contributed by atoms with Crippen molar-refractivity contribution in [1.29, 1.82) is 0 Å². The summed E-state index contributed by atoms with van der Waals surface area (Å²) in [6, 6.07) is 6.52. The van der Waals surface area contributed by atoms with Gasteiger partial charge < -0.3 is 10.5 Å². The maximum Gasteiger partial charge on any atom is 0.126 e. The number of hydrogen-bond acceptors (Lipinski definition) is 2. The minimum Gasteiger partial charge on any atom is -0.496 e. The molecule has 0 atom stereocenters. The molecule has 27 heavy (non-hydrogen) atoms. The van der Waals surface area contributed by atoms with Gasteiger partial charge in [-0.1, -0.05) is 52.7 Å². The molecule has 2 rings (SSSR count). The van der Waals surface area contributed by atoms with Gasteiger partial charge >= 0.3 is 0 Å². The van der Waals surface area contributed by atoms with E-state index >= 15 is 0 Å². The van der Waals surface area contributed by atoms with Crippen molar-refractivity contribution in [3.05, 3.63) is 47.2 Å². The summed E-state index contributed by atoms with van der Waals surface area (Å²) in [5.74, 6) is 3.76. The molecule has 0 heterocycles. The largest absolute Gasteiger partial charge is 0.496 e. The minimum atomic E-state index is 0.124. The Labute approximate surface area is 166 Å². The van der Waals surface area contributed by atoms with Crippen LogP contribution in [0.3, 0.4) is 0 Å². The van der Waals surface area contributed by atoms with E-state index in [9.17, 15) is 0 Å². The maximum absolute atomic E-state index is 6.32. The van der Waals surface area contributed by atoms with E-state index in [4.69, 9.17) is 10.5 Å². The molecule has 0 spiro atoms. The van der Waals surface area contributed by atoms with Gasteiger partial charge in [0.2, 0.25) is 0 Å². The molecule has 0 amide bonds. The molecule has 1 saturated carbocycles. The van der Waals surface area contributed by atoms with Crippen LogP contribution in [0.25, 0.3) is 5.57 Å². The third-order valence-electron chi connectivity index (χ3n) is 5.10. The number of terminal acetylenes is 1. The second kappa shape index (κ2) is 10.9. The van der Waals surface area contributed by atoms with Gasteiger partial charge in [0.25, 0.3) is 0 Å². The van der Waals surface area contributed by atoms with Gasteiger partial charge in [0.1, 0.15) is 5.75 Å². The summed E-state index contributed by atoms with van der Waals surface area (Å²) in [4.78, 5) is 0. The SMILES string of the molecule is C#CC.CC/C(=C\C=C(/N)C1CCCC1)c1cc(C(C)(C)C)ccc1OC. The highest BCUT2D eigenvalue weighted by Crippen LogP contribution is 2.34. The van der Waals surface area contributed by atoms with Crippen LogP contribution in [0.15, 0.2) is 36.0 Å². The Bertz CT molecular complexity index is 692. The van der Waals surface area contributed by atoms with Crippen molar-refractivity contribution in [2.45, 2.75) is 72.1 Å². The summed E-state index contributed by atoms with van der Waals surface area (Å²) < 4.78 is 5.61. The Morgan fingerprint density at radius 3 is 2.33 bits per heavy atom. The predicted molar refractivity (Wildman–Crippen MR) is 119 cm³/mol. The summed E-state index contributed by atoms with van der Waals surface area (Å²) >= 11 is 0. The van der Waals surface area contributed by atoms with E-state index in [0.29, 0.717) is 5.92 Å². The average Bonchev–Trinajstić information content (AvgIpc) is 3.16. The molecule has 1 aromatic rings. The van der Waals surface area contributed by atoms with E-state index in [1.807, 2.05) is 0 Å². The Hall–Kier alpha value is -2.14. The predicted octanol–water partition coefficient (Wildman–Crippen LogP) is 6.46. The molecule has 0 aliphatic heterocycles. The average molecular weight is 368 g/mol. The molecular weight excluding hydrogens is 330 g/mol. The summed E-state index contributed by atoms with van der Waals surface area (Å²) in [5, 5.41) is 0. The minimum absolute atomic E-state index is 0.124. The molecule has 148 valence electrons. The van der Waals surface area contributed by atoms with E-state index in [-0.39, 0.29) is 5.41 Å². The van der Waals surface area contributed by atoms with Gasteiger partial charge in [0, 0.05) is 11.3 Å². The normalized spacial score (nSPS) is 15.7. The fourth-order valence-corrected chi connectivity index (χ4v) is 3.42. The Morgan fingerprint density at radius 1 is 1.26 bits per heavy atom. The molecule has 0 unspecified atom stereocenters. The second-order valence-corrected chi connectivity index (χ2v) is 8.15. The van der Waals surface area contributed by atoms with Crippen LogP contribution < -0.4 is 10.5 Å². The van der Waals surface area contributed by atoms with Crippen LogP contribution in [0.4, 0.5) is 0 Å². The molecular formula is C25H37NO. The number of rotatable bonds is 5. The van der Waals surface area contributed by atoms with Crippen molar-refractivity contribution in [1.82, 2.24) is 0 Å². The standard InChI is InChI=1S/C22H33NO.C3H4/c1-6-16(11-13-20(23)17-9-7-8-10-17)19-15-18(22(2,3)4)12-14-21(19)24-5;1-3-2/h11-15,17H,6-10,23H2,1-5H3;1H,2H3/b16-11+,20-13-;. The summed E-state index contributed by atoms with van der Waals surface area (Å²) in [6.07, 6.45) is 15.0. The van der Waals surface area contributed by atoms with Gasteiger partial charge in [-0.05, 0) is 66.9 Å². The zero-order valence-electron chi connectivity index (χ0n) is 18.1. The van der Waals surface area contributed by atoms with Crippen molar-refractivity contribution in [3.63, 3.8) is 0 Å². The lowest BCUT2D eigenvalue weighted by Gasteiger charge is -2.22. The van der Waals surface area contributed by atoms with Crippen LogP contribution in [0.2, 0.25) is 0 Å². The van der Waals surface area contributed by atoms with Gasteiger partial charge in [0.15, 0.2) is 0 Å². The lowest BCUT2D eigenvalue weighted by atomic mass is 9.85. The maximum atomic E-state index is 6.32. The van der Waals surface area contributed by atoms with E-state index in [1.165, 1.54) is 42.4 Å². The van der Waals surface area contributed by atoms with Crippen LogP contribution in [-0.2, 0) is 5.41 Å². The first-order chi connectivity index (χ1) is 12.8. The number of methoxy groups -OCH3 is 1. The molecule has 1 fully saturated rings. The molecule has 2 N–H and O–H groups in total. The number of ether oxygens (including phenoxy) is 1. The summed E-state index contributed by atoms with van der Waals surface area (Å²) in [5.41, 5.74) is 11.3. The molecule has 2 nitrogen and oxygen atoms in total. The second-order valence-electron chi connectivity index (χ2n) is 8.15. The van der Waals surface area contributed by atoms with E-state index in [2.05, 4.69) is 70.4 Å². The first-order valence-corrected chi connectivity index (χ1v) is 10.0. The van der Waals surface area contributed by atoms with Crippen LogP contribution in [-0.4, -0.2) is 7.11 Å². The topological polar surface area (TPSA) is 35.2 Å². The van der Waals surface area contributed by atoms with E-state index in [0.717, 1.165) is 17.9 Å². The highest BCUT2D eigenvalue weighted by atomic mass is 16.5. The molecule has 0 radical (unpaired) electrons. The molecule has 1 aliphatic carbocycles. The Balaban J connectivity index is 0.00000114. The molecule has 0 aromatic heterocycles. The van der Waals surface area contributed by atoms with Gasteiger partial charge in [-0.25, -0.2) is 0 Å². The third-order valence-corrected chi connectivity index (χ3v) is 5.10. The van der Waals surface area contributed by atoms with Crippen molar-refractivity contribution in [3.8, 4) is 18.1 Å². The van der Waals surface area contributed by atoms with Gasteiger partial charge in [-0.15, -0.1) is 12.3 Å². The molecule has 0 saturated heterocycles. The van der Waals surface area contributed by atoms with Gasteiger partial charge in [-0.3, -0.25) is 0 Å². The zero-order chi connectivity index (χ0) is 20.4. The fraction of sp³-hybridized carbons (Fsp3) is 0.520. The molecule has 0 bridgehead atoms. The number of benzene rings is 1. The lowest BCUT2D eigenvalue weighted by Crippen LogP contribution is -2.11. The number of allylic oxidation sites excluding steroid dienone is 4. The zero-order valence-corrected chi connectivity index (χ0v) is 18.1. The van der Waals surface area contributed by atoms with Crippen LogP contribution in [0.5, 0.6) is 5.75 Å². The molecule has 1 aliphatic rings. The van der Waals surface area contributed by atoms with Gasteiger partial charge in [0.05, 0.1) is 7.11 Å². The molecule has 2 heteroatoms. The van der Waals surface area contributed by atoms with Crippen molar-refractivity contribution in [2.24, 2.45) is 11.7 Å². The summed E-state index contributed by atoms with van der Waals surface area (Å²) in [7, 11) is 1.74. The smallest absolute Gasteiger partial charge is 0.126 e. The van der Waals surface area contributed by atoms with E-state index < -0.39 is 0 Å². The first kappa shape index (κ1) is 22.9. The van der Waals surface area contributed by atoms with E-state index in [1.54, 1.807) is 14.0 Å². The van der Waals surface area contributed by atoms with Crippen LogP contribution in [0, 0.1) is 18.3 Å². The van der Waals surface area contributed by atoms with Crippen LogP contribution >= 0.6 is 0 Å². The lowest BCUT2D eigenvalue weighted by molar-refractivity contribution is 0.412. The Morgan fingerprint density at radius 2 is 1.85 bits per heavy atom. The first-order valence-electron chi connectivity index (χ1n) is 10.0. The third kappa shape index (κ3) is 6.83. The highest BCUT2D eigenvalue weighted by Gasteiger charge is 2.18. The number of nitrogens with two attached hydrogens (primary N) is 1. The molecule has 1 aromatic carbocycles. The number of hydrogen-bond donors (Lipinski definition) is 1. The monoisotopic (exact) mass is 367 g/mol. The van der Waals surface area contributed by atoms with Crippen LogP contribution in [0.1, 0.15) is 77.8 Å². The fourth-order valence-electron chi connectivity index (χ4n) is 3.42. The quantitative estimate of drug-likeness (QED) is 0.479. The van der Waals surface area contributed by atoms with Crippen molar-refractivity contribution in [2.75, 3.05) is 7.11 Å². The van der Waals surface area contributed by atoms with Gasteiger partial charge in [-0.2, -0.15) is 0 Å². The highest BCUT2D eigenvalue weighted by molar-refractivity contribution is 5.72. The van der Waals surface area contributed by atoms with Crippen molar-refractivity contribution >= 4 is 5.57 Å². The summed E-state index contributed by atoms with van der Waals surface area (Å²) in [6.45, 7) is 10.6.